The smallest absolute Gasteiger partial charge is 0.0602 e. The molecule has 0 N–H and O–H groups in total. The van der Waals surface area contributed by atoms with Crippen LogP contribution in [0.25, 0.3) is 137 Å². The fourth-order valence-electron chi connectivity index (χ4n) is 14.7. The number of thiophene rings is 1. The van der Waals surface area contributed by atoms with E-state index in [4.69, 9.17) is 0 Å². The maximum atomic E-state index is 4.57. The van der Waals surface area contributed by atoms with E-state index in [-0.39, 0.29) is 51.0 Å². The first kappa shape index (κ1) is 72.5. The SMILES string of the molecule is CC(C)(C)c1ccc(-c2cc(-c3ccc(C(C)(C)C)cc3)cc(-c3cc[c-]c(-c4ccccn4)c3)c2)cc1.CCCCCCc1cc(C)c(-n2ccnc2-c2[c-]cccc2)c(C)c1.[Ir].[Ir].c1ccc2c(c1)c1ccccc1n2-c1ccc2sc3ccc(-n4c5ccccc5c5ccccc54)cc3c2c1. The summed E-state index contributed by atoms with van der Waals surface area (Å²) in [4.78, 5) is 9.11. The van der Waals surface area contributed by atoms with Crippen molar-refractivity contribution >= 4 is 75.1 Å². The summed E-state index contributed by atoms with van der Waals surface area (Å²) in [5, 5.41) is 7.76. The van der Waals surface area contributed by atoms with Crippen LogP contribution >= 0.6 is 11.3 Å². The first-order valence-electron chi connectivity index (χ1n) is 36.0. The Balaban J connectivity index is 0.000000141. The van der Waals surface area contributed by atoms with E-state index in [1.165, 1.54) is 169 Å². The molecular formula is C96H85Ir2N5S-2. The summed E-state index contributed by atoms with van der Waals surface area (Å²) in [7, 11) is 0. The molecule has 17 rings (SSSR count). The van der Waals surface area contributed by atoms with Crippen molar-refractivity contribution in [1.29, 1.82) is 0 Å². The predicted molar refractivity (Wildman–Crippen MR) is 435 cm³/mol. The van der Waals surface area contributed by atoms with Crippen LogP contribution in [0.5, 0.6) is 0 Å². The molecule has 0 unspecified atom stereocenters. The Labute approximate surface area is 643 Å². The van der Waals surface area contributed by atoms with Gasteiger partial charge in [-0.2, -0.15) is 0 Å². The number of benzene rings is 12. The minimum absolute atomic E-state index is 0. The molecule has 0 spiro atoms. The van der Waals surface area contributed by atoms with Crippen LogP contribution in [0.15, 0.2) is 292 Å². The molecule has 12 aromatic carbocycles. The topological polar surface area (TPSA) is 40.6 Å². The third kappa shape index (κ3) is 15.0. The number of aryl methyl sites for hydroxylation is 3. The number of rotatable bonds is 13. The third-order valence-corrected chi connectivity index (χ3v) is 21.1. The van der Waals surface area contributed by atoms with E-state index in [1.54, 1.807) is 0 Å². The molecule has 0 amide bonds. The number of hydrogen-bond donors (Lipinski definition) is 0. The third-order valence-electron chi connectivity index (χ3n) is 20.0. The summed E-state index contributed by atoms with van der Waals surface area (Å²) in [6.45, 7) is 20.2. The Morgan fingerprint density at radius 1 is 0.385 bits per heavy atom. The van der Waals surface area contributed by atoms with Crippen molar-refractivity contribution < 1.29 is 40.2 Å². The standard InChI is InChI=1S/C37H36N.C36H22N2S.C23H27N2.2Ir/c1-36(2,3)33-17-13-26(14-18-33)30-23-31(27-15-19-34(20-16-27)37(4,5)6)25-32(24-30)28-10-9-11-29(22-28)35-12-7-8-21-38-35;1-5-13-31-25(9-1)26-10-2-6-14-32(26)37(31)23-17-19-35-29(21-23)30-22-24(18-20-36(30)39-35)38-33-15-7-3-11-27(33)28-12-4-8-16-34(28)38;1-4-5-6-8-11-20-16-18(2)22(19(3)17-20)25-15-14-24-23(25)21-12-9-7-10-13-21;;/h7-10,12-25H,1-6H3;1-22H;7,9-10,12,14-17H,4-6,8,11H2,1-3H3;;/q-1;;-1;;. The van der Waals surface area contributed by atoms with Crippen LogP contribution in [-0.4, -0.2) is 23.7 Å². The Morgan fingerprint density at radius 2 is 0.856 bits per heavy atom. The van der Waals surface area contributed by atoms with Crippen molar-refractivity contribution in [3.05, 3.63) is 332 Å². The number of nitrogens with zero attached hydrogens (tertiary/aromatic N) is 5. The van der Waals surface area contributed by atoms with Crippen molar-refractivity contribution in [3.8, 4) is 73.1 Å². The molecule has 2 radical (unpaired) electrons. The number of fused-ring (bicyclic) bond motifs is 9. The molecule has 0 bridgehead atoms. The van der Waals surface area contributed by atoms with E-state index < -0.39 is 0 Å². The van der Waals surface area contributed by atoms with Gasteiger partial charge in [-0.05, 0) is 184 Å². The first-order valence-corrected chi connectivity index (χ1v) is 36.8. The van der Waals surface area contributed by atoms with Gasteiger partial charge < -0.3 is 18.7 Å². The van der Waals surface area contributed by atoms with Gasteiger partial charge in [0.15, 0.2) is 0 Å². The van der Waals surface area contributed by atoms with Crippen LogP contribution in [-0.2, 0) is 57.5 Å². The fourth-order valence-corrected chi connectivity index (χ4v) is 15.8. The van der Waals surface area contributed by atoms with Gasteiger partial charge in [-0.3, -0.25) is 4.98 Å². The molecule has 104 heavy (non-hydrogen) atoms. The van der Waals surface area contributed by atoms with Crippen LogP contribution < -0.4 is 0 Å². The summed E-state index contributed by atoms with van der Waals surface area (Å²) in [6, 6.07) is 105. The predicted octanol–water partition coefficient (Wildman–Crippen LogP) is 26.5. The second-order valence-corrected chi connectivity index (χ2v) is 30.2. The van der Waals surface area contributed by atoms with Gasteiger partial charge in [0.05, 0.1) is 27.9 Å². The van der Waals surface area contributed by atoms with Gasteiger partial charge in [-0.15, -0.1) is 82.6 Å². The minimum atomic E-state index is 0. The Morgan fingerprint density at radius 3 is 1.32 bits per heavy atom. The van der Waals surface area contributed by atoms with Gasteiger partial charge >= 0.3 is 0 Å². The molecule has 0 saturated carbocycles. The van der Waals surface area contributed by atoms with Crippen molar-refractivity contribution in [3.63, 3.8) is 0 Å². The molecule has 0 aliphatic heterocycles. The number of imidazole rings is 1. The van der Waals surface area contributed by atoms with Crippen LogP contribution in [0.3, 0.4) is 0 Å². The van der Waals surface area contributed by atoms with Gasteiger partial charge in [0.1, 0.15) is 0 Å². The number of unbranched alkanes of at least 4 members (excludes halogenated alkanes) is 3. The van der Waals surface area contributed by atoms with E-state index in [9.17, 15) is 0 Å². The average Bonchev–Trinajstić information content (AvgIpc) is 1.58. The van der Waals surface area contributed by atoms with Gasteiger partial charge in [0, 0.05) is 118 Å². The van der Waals surface area contributed by atoms with Crippen molar-refractivity contribution in [2.75, 3.05) is 0 Å². The molecule has 0 atom stereocenters. The summed E-state index contributed by atoms with van der Waals surface area (Å²) >= 11 is 1.87. The van der Waals surface area contributed by atoms with Crippen molar-refractivity contribution in [1.82, 2.24) is 23.7 Å². The molecule has 8 heteroatoms. The first-order chi connectivity index (χ1) is 49.6. The zero-order valence-electron chi connectivity index (χ0n) is 60.6. The number of para-hydroxylation sites is 4. The van der Waals surface area contributed by atoms with Crippen LogP contribution in [0.1, 0.15) is 102 Å². The van der Waals surface area contributed by atoms with Crippen molar-refractivity contribution in [2.24, 2.45) is 0 Å². The monoisotopic (exact) mass is 1730 g/mol. The van der Waals surface area contributed by atoms with E-state index >= 15 is 0 Å². The second-order valence-electron chi connectivity index (χ2n) is 29.1. The van der Waals surface area contributed by atoms with E-state index in [0.717, 1.165) is 28.2 Å². The van der Waals surface area contributed by atoms with E-state index in [1.807, 2.05) is 72.4 Å². The van der Waals surface area contributed by atoms with Crippen LogP contribution in [0, 0.1) is 26.0 Å². The van der Waals surface area contributed by atoms with Crippen LogP contribution in [0.2, 0.25) is 0 Å². The molecule has 5 aromatic heterocycles. The fraction of sp³-hybridized carbons (Fsp3) is 0.167. The molecule has 0 aliphatic carbocycles. The maximum Gasteiger partial charge on any atom is 0.0602 e. The summed E-state index contributed by atoms with van der Waals surface area (Å²) in [6.07, 6.45) is 12.1. The zero-order valence-corrected chi connectivity index (χ0v) is 66.2. The molecule has 0 aliphatic rings. The molecule has 0 fully saturated rings. The average molecular weight is 1730 g/mol. The minimum Gasteiger partial charge on any atom is -0.340 e. The van der Waals surface area contributed by atoms with Gasteiger partial charge in [0.25, 0.3) is 0 Å². The van der Waals surface area contributed by atoms with Crippen LogP contribution in [0.4, 0.5) is 0 Å². The molecule has 5 nitrogen and oxygen atoms in total. The molecule has 0 saturated heterocycles. The molecule has 17 aromatic rings. The molecule has 5 heterocycles. The number of hydrogen-bond acceptors (Lipinski definition) is 3. The van der Waals surface area contributed by atoms with E-state index in [2.05, 4.69) is 329 Å². The van der Waals surface area contributed by atoms with Gasteiger partial charge in [0.2, 0.25) is 0 Å². The largest absolute Gasteiger partial charge is 0.340 e. The Bertz CT molecular complexity index is 5470. The summed E-state index contributed by atoms with van der Waals surface area (Å²) in [5.74, 6) is 0.947. The number of aromatic nitrogens is 5. The van der Waals surface area contributed by atoms with E-state index in [0.29, 0.717) is 0 Å². The summed E-state index contributed by atoms with van der Waals surface area (Å²) in [5.41, 5.74) is 25.8. The normalized spacial score (nSPS) is 11.5. The van der Waals surface area contributed by atoms with Gasteiger partial charge in [-0.1, -0.05) is 213 Å². The molecular weight excluding hydrogens is 1640 g/mol. The quantitative estimate of drug-likeness (QED) is 0.0853. The second kappa shape index (κ2) is 31.2. The number of pyridine rings is 1. The molecule has 520 valence electrons. The zero-order chi connectivity index (χ0) is 70.1. The Kier molecular flexibility index (Phi) is 21.7. The van der Waals surface area contributed by atoms with Gasteiger partial charge in [-0.25, -0.2) is 0 Å². The maximum absolute atomic E-state index is 4.57. The van der Waals surface area contributed by atoms with Crippen molar-refractivity contribution in [2.45, 2.75) is 105 Å². The Hall–Kier alpha value is -9.88. The summed E-state index contributed by atoms with van der Waals surface area (Å²) < 4.78 is 9.63.